The van der Waals surface area contributed by atoms with Crippen LogP contribution in [0.5, 0.6) is 5.75 Å². The van der Waals surface area contributed by atoms with E-state index in [1.165, 1.54) is 6.92 Å². The Morgan fingerprint density at radius 3 is 2.26 bits per heavy atom. The van der Waals surface area contributed by atoms with Gasteiger partial charge in [0.1, 0.15) is 29.7 Å². The maximum atomic E-state index is 10.2. The molecule has 1 saturated heterocycles. The van der Waals surface area contributed by atoms with E-state index in [0.29, 0.717) is 5.75 Å². The Labute approximate surface area is 112 Å². The van der Waals surface area contributed by atoms with E-state index >= 15 is 0 Å². The van der Waals surface area contributed by atoms with Gasteiger partial charge in [0.25, 0.3) is 0 Å². The Kier molecular flexibility index (Phi) is 3.82. The zero-order valence-electron chi connectivity index (χ0n) is 11.3. The van der Waals surface area contributed by atoms with Gasteiger partial charge in [0.05, 0.1) is 13.2 Å². The predicted molar refractivity (Wildman–Crippen MR) is 68.9 cm³/mol. The summed E-state index contributed by atoms with van der Waals surface area (Å²) < 4.78 is 10.7. The minimum absolute atomic E-state index is 0.564. The fourth-order valence-corrected chi connectivity index (χ4v) is 2.39. The van der Waals surface area contributed by atoms with E-state index in [9.17, 15) is 15.3 Å². The number of aliphatic hydroxyl groups excluding tert-OH is 2. The molecule has 0 radical (unpaired) electrons. The van der Waals surface area contributed by atoms with Gasteiger partial charge in [0.15, 0.2) is 0 Å². The first-order valence-electron chi connectivity index (χ1n) is 6.26. The molecule has 1 heterocycles. The molecule has 0 amide bonds. The van der Waals surface area contributed by atoms with Crippen LogP contribution in [0.25, 0.3) is 0 Å². The molecule has 3 N–H and O–H groups in total. The summed E-state index contributed by atoms with van der Waals surface area (Å²) in [4.78, 5) is 0. The summed E-state index contributed by atoms with van der Waals surface area (Å²) in [6.45, 7) is 3.08. The smallest absolute Gasteiger partial charge is 0.119 e. The van der Waals surface area contributed by atoms with Crippen LogP contribution in [0.4, 0.5) is 0 Å². The standard InChI is InChI=1S/C14H20O5/c1-8-12(15)14(2,17)13(16)11(19-8)9-4-6-10(18-3)7-5-9/h4-8,11-13,15-17H,1-3H3/t8-,11+,12+,13+,14-/m1/s1. The molecule has 1 aromatic rings. The van der Waals surface area contributed by atoms with Gasteiger partial charge in [-0.2, -0.15) is 0 Å². The summed E-state index contributed by atoms with van der Waals surface area (Å²) in [5.41, 5.74) is -0.880. The fraction of sp³-hybridized carbons (Fsp3) is 0.571. The van der Waals surface area contributed by atoms with Crippen molar-refractivity contribution in [1.29, 1.82) is 0 Å². The van der Waals surface area contributed by atoms with Gasteiger partial charge in [-0.15, -0.1) is 0 Å². The highest BCUT2D eigenvalue weighted by molar-refractivity contribution is 5.30. The van der Waals surface area contributed by atoms with Gasteiger partial charge in [0, 0.05) is 0 Å². The third-order valence-electron chi connectivity index (χ3n) is 3.73. The number of hydrogen-bond donors (Lipinski definition) is 3. The molecule has 106 valence electrons. The molecule has 5 heteroatoms. The molecule has 5 atom stereocenters. The number of hydrogen-bond acceptors (Lipinski definition) is 5. The predicted octanol–water partition coefficient (Wildman–Crippen LogP) is 0.628. The van der Waals surface area contributed by atoms with Crippen molar-refractivity contribution in [2.45, 2.75) is 43.9 Å². The van der Waals surface area contributed by atoms with Crippen LogP contribution in [0.2, 0.25) is 0 Å². The van der Waals surface area contributed by atoms with Crippen molar-refractivity contribution in [1.82, 2.24) is 0 Å². The van der Waals surface area contributed by atoms with Crippen LogP contribution in [-0.2, 0) is 4.74 Å². The lowest BCUT2D eigenvalue weighted by Gasteiger charge is -2.46. The van der Waals surface area contributed by atoms with Crippen LogP contribution in [0.15, 0.2) is 24.3 Å². The Morgan fingerprint density at radius 1 is 1.16 bits per heavy atom. The zero-order valence-corrected chi connectivity index (χ0v) is 11.3. The van der Waals surface area contributed by atoms with Crippen LogP contribution in [0, 0.1) is 0 Å². The van der Waals surface area contributed by atoms with Gasteiger partial charge in [-0.1, -0.05) is 12.1 Å². The highest BCUT2D eigenvalue weighted by Gasteiger charge is 2.50. The molecular weight excluding hydrogens is 248 g/mol. The topological polar surface area (TPSA) is 79.2 Å². The first-order chi connectivity index (χ1) is 8.87. The number of aliphatic hydroxyl groups is 3. The highest BCUT2D eigenvalue weighted by atomic mass is 16.5. The van der Waals surface area contributed by atoms with Crippen molar-refractivity contribution in [2.24, 2.45) is 0 Å². The Hall–Kier alpha value is -1.14. The van der Waals surface area contributed by atoms with Gasteiger partial charge >= 0.3 is 0 Å². The van der Waals surface area contributed by atoms with E-state index in [1.807, 2.05) is 0 Å². The molecular formula is C14H20O5. The number of methoxy groups -OCH3 is 1. The molecule has 1 aromatic carbocycles. The van der Waals surface area contributed by atoms with E-state index in [0.717, 1.165) is 5.56 Å². The van der Waals surface area contributed by atoms with E-state index in [-0.39, 0.29) is 0 Å². The second-order valence-electron chi connectivity index (χ2n) is 5.15. The summed E-state index contributed by atoms with van der Waals surface area (Å²) in [6.07, 6.45) is -3.58. The molecule has 19 heavy (non-hydrogen) atoms. The third-order valence-corrected chi connectivity index (χ3v) is 3.73. The third kappa shape index (κ3) is 2.47. The van der Waals surface area contributed by atoms with Crippen LogP contribution in [0.3, 0.4) is 0 Å². The summed E-state index contributed by atoms with van der Waals surface area (Å²) in [5, 5.41) is 30.3. The average molecular weight is 268 g/mol. The van der Waals surface area contributed by atoms with Gasteiger partial charge < -0.3 is 24.8 Å². The molecule has 1 fully saturated rings. The van der Waals surface area contributed by atoms with Crippen LogP contribution >= 0.6 is 0 Å². The van der Waals surface area contributed by atoms with Crippen molar-refractivity contribution >= 4 is 0 Å². The second kappa shape index (κ2) is 5.09. The first-order valence-corrected chi connectivity index (χ1v) is 6.26. The lowest BCUT2D eigenvalue weighted by Crippen LogP contribution is -2.61. The van der Waals surface area contributed by atoms with Crippen molar-refractivity contribution in [3.63, 3.8) is 0 Å². The lowest BCUT2D eigenvalue weighted by atomic mass is 9.81. The molecule has 1 aliphatic rings. The van der Waals surface area contributed by atoms with Gasteiger partial charge in [-0.25, -0.2) is 0 Å². The second-order valence-corrected chi connectivity index (χ2v) is 5.15. The molecule has 0 spiro atoms. The lowest BCUT2D eigenvalue weighted by molar-refractivity contribution is -0.261. The monoisotopic (exact) mass is 268 g/mol. The Balaban J connectivity index is 2.28. The molecule has 5 nitrogen and oxygen atoms in total. The van der Waals surface area contributed by atoms with Crippen LogP contribution in [0.1, 0.15) is 25.5 Å². The molecule has 0 bridgehead atoms. The number of ether oxygens (including phenoxy) is 2. The summed E-state index contributed by atoms with van der Waals surface area (Å²) >= 11 is 0. The zero-order chi connectivity index (χ0) is 14.2. The normalized spacial score (nSPS) is 39.1. The van der Waals surface area contributed by atoms with Crippen LogP contribution < -0.4 is 4.74 Å². The van der Waals surface area contributed by atoms with Crippen LogP contribution in [-0.4, -0.2) is 46.3 Å². The van der Waals surface area contributed by atoms with E-state index < -0.39 is 30.0 Å². The fourth-order valence-electron chi connectivity index (χ4n) is 2.39. The maximum Gasteiger partial charge on any atom is 0.119 e. The first kappa shape index (κ1) is 14.3. The molecule has 0 saturated carbocycles. The highest BCUT2D eigenvalue weighted by Crippen LogP contribution is 2.38. The molecule has 0 unspecified atom stereocenters. The van der Waals surface area contributed by atoms with Crippen molar-refractivity contribution in [2.75, 3.05) is 7.11 Å². The maximum absolute atomic E-state index is 10.2. The molecule has 1 aliphatic heterocycles. The van der Waals surface area contributed by atoms with E-state index in [4.69, 9.17) is 9.47 Å². The number of benzene rings is 1. The Bertz CT molecular complexity index is 428. The van der Waals surface area contributed by atoms with Crippen molar-refractivity contribution in [3.8, 4) is 5.75 Å². The van der Waals surface area contributed by atoms with Crippen molar-refractivity contribution in [3.05, 3.63) is 29.8 Å². The molecule has 2 rings (SSSR count). The molecule has 0 aliphatic carbocycles. The SMILES string of the molecule is COc1ccc([C@@H]2O[C@H](C)[C@H](O)[C@@](C)(O)[C@H]2O)cc1. The average Bonchev–Trinajstić information content (AvgIpc) is 2.41. The van der Waals surface area contributed by atoms with Gasteiger partial charge in [0.2, 0.25) is 0 Å². The van der Waals surface area contributed by atoms with Gasteiger partial charge in [-0.05, 0) is 31.5 Å². The van der Waals surface area contributed by atoms with E-state index in [1.54, 1.807) is 38.3 Å². The van der Waals surface area contributed by atoms with Gasteiger partial charge in [-0.3, -0.25) is 0 Å². The number of rotatable bonds is 2. The largest absolute Gasteiger partial charge is 0.497 e. The summed E-state index contributed by atoms with van der Waals surface area (Å²) in [6, 6.07) is 7.06. The van der Waals surface area contributed by atoms with Crippen molar-refractivity contribution < 1.29 is 24.8 Å². The summed E-state index contributed by atoms with van der Waals surface area (Å²) in [5.74, 6) is 0.703. The minimum atomic E-state index is -1.61. The summed E-state index contributed by atoms with van der Waals surface area (Å²) in [7, 11) is 1.57. The quantitative estimate of drug-likeness (QED) is 0.733. The molecule has 0 aromatic heterocycles. The van der Waals surface area contributed by atoms with E-state index in [2.05, 4.69) is 0 Å². The Morgan fingerprint density at radius 2 is 1.74 bits per heavy atom. The minimum Gasteiger partial charge on any atom is -0.497 e.